The number of carbonyl (C=O) groups is 1. The van der Waals surface area contributed by atoms with Crippen LogP contribution in [0.4, 0.5) is 0 Å². The van der Waals surface area contributed by atoms with Gasteiger partial charge in [-0.3, -0.25) is 9.69 Å². The van der Waals surface area contributed by atoms with Crippen LogP contribution >= 0.6 is 11.3 Å². The number of aromatic nitrogens is 1. The maximum Gasteiger partial charge on any atom is 0.220 e. The van der Waals surface area contributed by atoms with E-state index >= 15 is 0 Å². The minimum Gasteiger partial charge on any atom is -0.352 e. The van der Waals surface area contributed by atoms with Crippen molar-refractivity contribution in [3.63, 3.8) is 0 Å². The summed E-state index contributed by atoms with van der Waals surface area (Å²) in [6.07, 6.45) is 5.18. The van der Waals surface area contributed by atoms with E-state index in [4.69, 9.17) is 0 Å². The van der Waals surface area contributed by atoms with Gasteiger partial charge in [-0.2, -0.15) is 0 Å². The van der Waals surface area contributed by atoms with Crippen LogP contribution in [0.2, 0.25) is 0 Å². The van der Waals surface area contributed by atoms with Crippen LogP contribution in [0.3, 0.4) is 0 Å². The van der Waals surface area contributed by atoms with E-state index in [2.05, 4.69) is 45.5 Å². The Morgan fingerprint density at radius 3 is 2.54 bits per heavy atom. The maximum atomic E-state index is 12.2. The third kappa shape index (κ3) is 5.18. The molecule has 1 aliphatic rings. The van der Waals surface area contributed by atoms with Crippen LogP contribution in [0.5, 0.6) is 0 Å². The molecule has 0 bridgehead atoms. The van der Waals surface area contributed by atoms with E-state index in [1.165, 1.54) is 42.6 Å². The molecular formula is C23H27N3OS. The van der Waals surface area contributed by atoms with Crippen molar-refractivity contribution in [3.05, 3.63) is 64.7 Å². The number of hydrogen-bond acceptors (Lipinski definition) is 4. The van der Waals surface area contributed by atoms with Crippen LogP contribution < -0.4 is 5.32 Å². The second kappa shape index (κ2) is 9.30. The fourth-order valence-electron chi connectivity index (χ4n) is 3.67. The Morgan fingerprint density at radius 1 is 1.00 bits per heavy atom. The molecule has 0 unspecified atom stereocenters. The van der Waals surface area contributed by atoms with Gasteiger partial charge in [0, 0.05) is 25.9 Å². The normalized spacial score (nSPS) is 15.0. The second-order valence-electron chi connectivity index (χ2n) is 7.51. The average Bonchev–Trinajstić information content (AvgIpc) is 3.15. The Hall–Kier alpha value is -2.24. The van der Waals surface area contributed by atoms with Crippen molar-refractivity contribution in [2.45, 2.75) is 45.2 Å². The Labute approximate surface area is 170 Å². The molecule has 0 spiro atoms. The predicted octanol–water partition coefficient (Wildman–Crippen LogP) is 4.53. The fourth-order valence-corrected chi connectivity index (χ4v) is 4.64. The lowest BCUT2D eigenvalue weighted by Crippen LogP contribution is -2.29. The van der Waals surface area contributed by atoms with Gasteiger partial charge >= 0.3 is 0 Å². The summed E-state index contributed by atoms with van der Waals surface area (Å²) in [6, 6.07) is 16.8. The lowest BCUT2D eigenvalue weighted by Gasteiger charge is -2.26. The van der Waals surface area contributed by atoms with Crippen LogP contribution in [0.1, 0.15) is 41.8 Å². The van der Waals surface area contributed by atoms with Gasteiger partial charge in [-0.05, 0) is 49.2 Å². The predicted molar refractivity (Wildman–Crippen MR) is 115 cm³/mol. The molecule has 1 saturated heterocycles. The van der Waals surface area contributed by atoms with Gasteiger partial charge in [-0.15, -0.1) is 11.3 Å². The summed E-state index contributed by atoms with van der Waals surface area (Å²) < 4.78 is 1.18. The number of nitrogens with one attached hydrogen (secondary N) is 1. The van der Waals surface area contributed by atoms with Gasteiger partial charge in [-0.1, -0.05) is 42.8 Å². The number of amides is 1. The van der Waals surface area contributed by atoms with E-state index in [1.54, 1.807) is 11.3 Å². The quantitative estimate of drug-likeness (QED) is 0.641. The van der Waals surface area contributed by atoms with Crippen LogP contribution in [-0.4, -0.2) is 28.9 Å². The zero-order valence-electron chi connectivity index (χ0n) is 16.2. The molecule has 28 heavy (non-hydrogen) atoms. The Morgan fingerprint density at radius 2 is 1.75 bits per heavy atom. The van der Waals surface area contributed by atoms with Gasteiger partial charge in [-0.25, -0.2) is 4.98 Å². The number of para-hydroxylation sites is 1. The molecule has 1 N–H and O–H groups in total. The summed E-state index contributed by atoms with van der Waals surface area (Å²) in [5.74, 6) is 0.0802. The minimum atomic E-state index is 0.0802. The molecule has 0 atom stereocenters. The highest BCUT2D eigenvalue weighted by atomic mass is 32.1. The topological polar surface area (TPSA) is 45.2 Å². The molecule has 0 saturated carbocycles. The van der Waals surface area contributed by atoms with Crippen molar-refractivity contribution in [3.8, 4) is 0 Å². The first-order valence-electron chi connectivity index (χ1n) is 10.2. The van der Waals surface area contributed by atoms with Gasteiger partial charge in [0.25, 0.3) is 0 Å². The number of aryl methyl sites for hydroxylation is 1. The highest BCUT2D eigenvalue weighted by molar-refractivity contribution is 7.18. The van der Waals surface area contributed by atoms with Gasteiger partial charge < -0.3 is 5.32 Å². The number of hydrogen-bond donors (Lipinski definition) is 1. The third-order valence-corrected chi connectivity index (χ3v) is 6.37. The lowest BCUT2D eigenvalue weighted by atomic mass is 10.1. The molecule has 1 aromatic heterocycles. The molecule has 3 aromatic rings. The van der Waals surface area contributed by atoms with Crippen LogP contribution in [-0.2, 0) is 24.3 Å². The largest absolute Gasteiger partial charge is 0.352 e. The highest BCUT2D eigenvalue weighted by Gasteiger charge is 2.10. The number of benzene rings is 2. The van der Waals surface area contributed by atoms with E-state index in [0.717, 1.165) is 22.6 Å². The molecule has 1 amide bonds. The molecule has 1 aliphatic heterocycles. The first-order valence-corrected chi connectivity index (χ1v) is 11.0. The molecule has 0 radical (unpaired) electrons. The fraction of sp³-hybridized carbons (Fsp3) is 0.391. The van der Waals surface area contributed by atoms with Crippen molar-refractivity contribution >= 4 is 27.5 Å². The van der Waals surface area contributed by atoms with Crippen molar-refractivity contribution in [2.75, 3.05) is 13.1 Å². The summed E-state index contributed by atoms with van der Waals surface area (Å²) in [4.78, 5) is 19.3. The summed E-state index contributed by atoms with van der Waals surface area (Å²) >= 11 is 1.67. The maximum absolute atomic E-state index is 12.2. The molecule has 4 rings (SSSR count). The van der Waals surface area contributed by atoms with Crippen molar-refractivity contribution in [1.82, 2.24) is 15.2 Å². The molecule has 1 fully saturated rings. The number of fused-ring (bicyclic) bond motifs is 1. The van der Waals surface area contributed by atoms with Gasteiger partial charge in [0.1, 0.15) is 0 Å². The number of piperidine rings is 1. The Bertz CT molecular complexity index is 880. The second-order valence-corrected chi connectivity index (χ2v) is 8.62. The smallest absolute Gasteiger partial charge is 0.220 e. The van der Waals surface area contributed by atoms with E-state index in [1.807, 2.05) is 18.2 Å². The van der Waals surface area contributed by atoms with E-state index in [9.17, 15) is 4.79 Å². The van der Waals surface area contributed by atoms with Crippen LogP contribution in [0.15, 0.2) is 48.5 Å². The van der Waals surface area contributed by atoms with E-state index in [-0.39, 0.29) is 5.91 Å². The average molecular weight is 394 g/mol. The first-order chi connectivity index (χ1) is 13.8. The molecule has 2 heterocycles. The molecule has 2 aromatic carbocycles. The van der Waals surface area contributed by atoms with Gasteiger partial charge in [0.2, 0.25) is 5.91 Å². The van der Waals surface area contributed by atoms with E-state index in [0.29, 0.717) is 19.4 Å². The molecule has 5 heteroatoms. The van der Waals surface area contributed by atoms with Crippen LogP contribution in [0.25, 0.3) is 10.2 Å². The lowest BCUT2D eigenvalue weighted by molar-refractivity contribution is -0.121. The highest BCUT2D eigenvalue weighted by Crippen LogP contribution is 2.22. The number of nitrogens with zero attached hydrogens (tertiary/aromatic N) is 2. The monoisotopic (exact) mass is 393 g/mol. The van der Waals surface area contributed by atoms with Gasteiger partial charge in [0.15, 0.2) is 0 Å². The van der Waals surface area contributed by atoms with Crippen LogP contribution in [0, 0.1) is 0 Å². The summed E-state index contributed by atoms with van der Waals surface area (Å²) in [5.41, 5.74) is 3.52. The molecule has 4 nitrogen and oxygen atoms in total. The van der Waals surface area contributed by atoms with E-state index < -0.39 is 0 Å². The van der Waals surface area contributed by atoms with Crippen molar-refractivity contribution < 1.29 is 4.79 Å². The Kier molecular flexibility index (Phi) is 6.34. The zero-order chi connectivity index (χ0) is 19.2. The molecular weight excluding hydrogens is 366 g/mol. The first kappa shape index (κ1) is 19.1. The number of carbonyl (C=O) groups excluding carboxylic acids is 1. The summed E-state index contributed by atoms with van der Waals surface area (Å²) in [6.45, 7) is 4.05. The molecule has 146 valence electrons. The third-order valence-electron chi connectivity index (χ3n) is 5.27. The molecule has 0 aliphatic carbocycles. The summed E-state index contributed by atoms with van der Waals surface area (Å²) in [7, 11) is 0. The van der Waals surface area contributed by atoms with Crippen molar-refractivity contribution in [2.24, 2.45) is 0 Å². The summed E-state index contributed by atoms with van der Waals surface area (Å²) in [5, 5.41) is 4.06. The SMILES string of the molecule is O=C(CCc1nc2ccccc2s1)NCc1ccc(CN2CCCCC2)cc1. The minimum absolute atomic E-state index is 0.0802. The Balaban J connectivity index is 1.21. The number of likely N-dealkylation sites (tertiary alicyclic amines) is 1. The van der Waals surface area contributed by atoms with Crippen molar-refractivity contribution in [1.29, 1.82) is 0 Å². The standard InChI is InChI=1S/C23H27N3OS/c27-22(12-13-23-25-20-6-2-3-7-21(20)28-23)24-16-18-8-10-19(11-9-18)17-26-14-4-1-5-15-26/h2-3,6-11H,1,4-5,12-17H2,(H,24,27). The number of rotatable bonds is 7. The zero-order valence-corrected chi connectivity index (χ0v) is 17.0. The number of thiazole rings is 1. The van der Waals surface area contributed by atoms with Gasteiger partial charge in [0.05, 0.1) is 15.2 Å².